The molecule has 0 radical (unpaired) electrons. The zero-order valence-electron chi connectivity index (χ0n) is 16.3. The number of aromatic nitrogens is 1. The lowest BCUT2D eigenvalue weighted by molar-refractivity contribution is -0.139. The van der Waals surface area contributed by atoms with Gasteiger partial charge >= 0.3 is 12.1 Å². The Morgan fingerprint density at radius 2 is 1.57 bits per heavy atom. The van der Waals surface area contributed by atoms with E-state index >= 15 is 0 Å². The number of carbonyl (C=O) groups excluding carboxylic acids is 1. The molecule has 2 N–H and O–H groups in total. The summed E-state index contributed by atoms with van der Waals surface area (Å²) in [6.45, 7) is 0.149. The minimum Gasteiger partial charge on any atom is -0.480 e. The van der Waals surface area contributed by atoms with Crippen molar-refractivity contribution in [2.45, 2.75) is 24.8 Å². The molecule has 6 heteroatoms. The lowest BCUT2D eigenvalue weighted by atomic mass is 9.98. The normalized spacial score (nSPS) is 13.2. The number of alkyl carbamates (subject to hydrolysis) is 1. The first-order chi connectivity index (χ1) is 14.6. The number of ether oxygens (including phenoxy) is 1. The lowest BCUT2D eigenvalue weighted by Gasteiger charge is -2.17. The number of pyridine rings is 1. The van der Waals surface area contributed by atoms with Crippen LogP contribution in [0.3, 0.4) is 0 Å². The van der Waals surface area contributed by atoms with Crippen LogP contribution in [0.15, 0.2) is 73.1 Å². The number of amides is 1. The molecule has 1 amide bonds. The molecule has 0 aliphatic heterocycles. The molecule has 0 spiro atoms. The van der Waals surface area contributed by atoms with Gasteiger partial charge in [-0.2, -0.15) is 0 Å². The molecule has 2 aromatic carbocycles. The van der Waals surface area contributed by atoms with Gasteiger partial charge in [0.1, 0.15) is 12.6 Å². The molecule has 1 heterocycles. The largest absolute Gasteiger partial charge is 0.480 e. The highest BCUT2D eigenvalue weighted by atomic mass is 16.5. The number of fused-ring (bicyclic) bond motifs is 3. The van der Waals surface area contributed by atoms with Gasteiger partial charge in [0.2, 0.25) is 0 Å². The van der Waals surface area contributed by atoms with Crippen LogP contribution >= 0.6 is 0 Å². The summed E-state index contributed by atoms with van der Waals surface area (Å²) in [4.78, 5) is 27.8. The monoisotopic (exact) mass is 402 g/mol. The second-order valence-corrected chi connectivity index (χ2v) is 7.25. The summed E-state index contributed by atoms with van der Waals surface area (Å²) < 4.78 is 5.45. The Balaban J connectivity index is 1.38. The van der Waals surface area contributed by atoms with Crippen LogP contribution in [0, 0.1) is 0 Å². The van der Waals surface area contributed by atoms with Crippen molar-refractivity contribution in [1.82, 2.24) is 10.3 Å². The molecule has 3 aromatic rings. The number of nitrogens with one attached hydrogen (secondary N) is 1. The number of aryl methyl sites for hydroxylation is 1. The summed E-state index contributed by atoms with van der Waals surface area (Å²) >= 11 is 0. The molecule has 0 bridgehead atoms. The van der Waals surface area contributed by atoms with Gasteiger partial charge in [0.05, 0.1) is 0 Å². The van der Waals surface area contributed by atoms with Crippen LogP contribution in [-0.2, 0) is 16.0 Å². The molecule has 4 rings (SSSR count). The minimum atomic E-state index is -1.09. The van der Waals surface area contributed by atoms with E-state index in [-0.39, 0.29) is 18.9 Å². The molecular formula is C24H22N2O4. The molecule has 152 valence electrons. The lowest BCUT2D eigenvalue weighted by Crippen LogP contribution is -2.41. The van der Waals surface area contributed by atoms with Gasteiger partial charge in [-0.25, -0.2) is 9.59 Å². The molecule has 0 fully saturated rings. The Kier molecular flexibility index (Phi) is 5.75. The molecule has 1 aromatic heterocycles. The Morgan fingerprint density at radius 1 is 0.967 bits per heavy atom. The summed E-state index contributed by atoms with van der Waals surface area (Å²) in [6, 6.07) is 18.8. The third-order valence-corrected chi connectivity index (χ3v) is 5.40. The van der Waals surface area contributed by atoms with Crippen molar-refractivity contribution >= 4 is 12.1 Å². The van der Waals surface area contributed by atoms with Crippen molar-refractivity contribution in [2.24, 2.45) is 0 Å². The average Bonchev–Trinajstić information content (AvgIpc) is 3.09. The van der Waals surface area contributed by atoms with Crippen molar-refractivity contribution < 1.29 is 19.4 Å². The first kappa shape index (κ1) is 19.6. The predicted molar refractivity (Wildman–Crippen MR) is 112 cm³/mol. The second-order valence-electron chi connectivity index (χ2n) is 7.25. The topological polar surface area (TPSA) is 88.5 Å². The molecular weight excluding hydrogens is 380 g/mol. The third-order valence-electron chi connectivity index (χ3n) is 5.40. The van der Waals surface area contributed by atoms with Crippen molar-refractivity contribution in [2.75, 3.05) is 6.61 Å². The minimum absolute atomic E-state index is 0.0664. The highest BCUT2D eigenvalue weighted by Gasteiger charge is 2.29. The average molecular weight is 402 g/mol. The van der Waals surface area contributed by atoms with Gasteiger partial charge in [-0.15, -0.1) is 0 Å². The number of nitrogens with zero attached hydrogens (tertiary/aromatic N) is 1. The van der Waals surface area contributed by atoms with Gasteiger partial charge in [-0.1, -0.05) is 48.5 Å². The predicted octanol–water partition coefficient (Wildman–Crippen LogP) is 4.01. The number of aliphatic carboxylic acids is 1. The molecule has 1 unspecified atom stereocenters. The molecule has 1 aliphatic rings. The third kappa shape index (κ3) is 4.17. The molecule has 30 heavy (non-hydrogen) atoms. The van der Waals surface area contributed by atoms with Crippen LogP contribution in [0.4, 0.5) is 4.79 Å². The highest BCUT2D eigenvalue weighted by Crippen LogP contribution is 2.44. The summed E-state index contributed by atoms with van der Waals surface area (Å²) in [5.41, 5.74) is 5.47. The van der Waals surface area contributed by atoms with Gasteiger partial charge in [0.25, 0.3) is 0 Å². The van der Waals surface area contributed by atoms with Crippen LogP contribution < -0.4 is 5.32 Å². The van der Waals surface area contributed by atoms with Gasteiger partial charge < -0.3 is 15.2 Å². The van der Waals surface area contributed by atoms with E-state index in [1.807, 2.05) is 48.5 Å². The number of carboxylic acids is 1. The SMILES string of the molecule is O=C(NC(CCc1ccncc1)C(=O)O)OCC1c2ccccc2-c2ccccc21. The van der Waals surface area contributed by atoms with Crippen molar-refractivity contribution in [3.05, 3.63) is 89.7 Å². The fraction of sp³-hybridized carbons (Fsp3) is 0.208. The number of carbonyl (C=O) groups is 2. The van der Waals surface area contributed by atoms with Crippen LogP contribution in [0.2, 0.25) is 0 Å². The Morgan fingerprint density at radius 3 is 2.17 bits per heavy atom. The van der Waals surface area contributed by atoms with Gasteiger partial charge in [-0.3, -0.25) is 4.98 Å². The number of benzene rings is 2. The van der Waals surface area contributed by atoms with Crippen molar-refractivity contribution in [1.29, 1.82) is 0 Å². The fourth-order valence-electron chi connectivity index (χ4n) is 3.90. The second kappa shape index (κ2) is 8.78. The molecule has 0 saturated heterocycles. The smallest absolute Gasteiger partial charge is 0.407 e. The number of hydrogen-bond donors (Lipinski definition) is 2. The van der Waals surface area contributed by atoms with E-state index in [0.29, 0.717) is 6.42 Å². The van der Waals surface area contributed by atoms with E-state index in [9.17, 15) is 14.7 Å². The number of carboxylic acid groups (broad SMARTS) is 1. The summed E-state index contributed by atoms with van der Waals surface area (Å²) in [5, 5.41) is 11.9. The van der Waals surface area contributed by atoms with E-state index in [2.05, 4.69) is 22.4 Å². The molecule has 1 aliphatic carbocycles. The quantitative estimate of drug-likeness (QED) is 0.623. The molecule has 0 saturated carbocycles. The van der Waals surface area contributed by atoms with Gasteiger partial charge in [0.15, 0.2) is 0 Å². The maximum Gasteiger partial charge on any atom is 0.407 e. The van der Waals surface area contributed by atoms with E-state index in [4.69, 9.17) is 4.74 Å². The van der Waals surface area contributed by atoms with Gasteiger partial charge in [0, 0.05) is 18.3 Å². The highest BCUT2D eigenvalue weighted by molar-refractivity contribution is 5.81. The molecule has 6 nitrogen and oxygen atoms in total. The van der Waals surface area contributed by atoms with Crippen LogP contribution in [0.1, 0.15) is 29.0 Å². The maximum atomic E-state index is 12.3. The van der Waals surface area contributed by atoms with Crippen LogP contribution in [-0.4, -0.2) is 34.8 Å². The standard InChI is InChI=1S/C24H22N2O4/c27-23(28)22(10-9-16-11-13-25-14-12-16)26-24(29)30-15-21-19-7-3-1-5-17(19)18-6-2-4-8-20(18)21/h1-8,11-14,21-22H,9-10,15H2,(H,26,29)(H,27,28). The first-order valence-corrected chi connectivity index (χ1v) is 9.86. The molecule has 1 atom stereocenters. The number of hydrogen-bond acceptors (Lipinski definition) is 4. The van der Waals surface area contributed by atoms with Crippen molar-refractivity contribution in [3.8, 4) is 11.1 Å². The van der Waals surface area contributed by atoms with E-state index in [1.54, 1.807) is 12.4 Å². The zero-order chi connectivity index (χ0) is 20.9. The summed E-state index contributed by atoms with van der Waals surface area (Å²) in [6.07, 6.45) is 3.37. The Labute approximate surface area is 174 Å². The summed E-state index contributed by atoms with van der Waals surface area (Å²) in [7, 11) is 0. The fourth-order valence-corrected chi connectivity index (χ4v) is 3.90. The first-order valence-electron chi connectivity index (χ1n) is 9.86. The van der Waals surface area contributed by atoms with E-state index in [0.717, 1.165) is 27.8 Å². The van der Waals surface area contributed by atoms with Crippen LogP contribution in [0.25, 0.3) is 11.1 Å². The Hall–Kier alpha value is -3.67. The van der Waals surface area contributed by atoms with E-state index < -0.39 is 18.1 Å². The van der Waals surface area contributed by atoms with E-state index in [1.165, 1.54) is 0 Å². The Bertz CT molecular complexity index is 1010. The van der Waals surface area contributed by atoms with Crippen molar-refractivity contribution in [3.63, 3.8) is 0 Å². The summed E-state index contributed by atoms with van der Waals surface area (Å²) in [5.74, 6) is -1.15. The maximum absolute atomic E-state index is 12.3. The van der Waals surface area contributed by atoms with Gasteiger partial charge in [-0.05, 0) is 52.8 Å². The zero-order valence-corrected chi connectivity index (χ0v) is 16.3. The number of rotatable bonds is 7. The van der Waals surface area contributed by atoms with Crippen LogP contribution in [0.5, 0.6) is 0 Å².